The highest BCUT2D eigenvalue weighted by Crippen LogP contribution is 2.13. The van der Waals surface area contributed by atoms with Crippen LogP contribution in [0.2, 0.25) is 0 Å². The maximum absolute atomic E-state index is 14.1. The Balaban J connectivity index is 2.38. The number of benzene rings is 1. The first-order valence-corrected chi connectivity index (χ1v) is 9.52. The zero-order chi connectivity index (χ0) is 20.0. The Morgan fingerprint density at radius 2 is 2.07 bits per heavy atom. The van der Waals surface area contributed by atoms with Crippen molar-refractivity contribution in [1.82, 2.24) is 15.1 Å². The number of carbonyl (C=O) groups excluding carboxylic acids is 2. The van der Waals surface area contributed by atoms with E-state index < -0.39 is 34.9 Å². The molecule has 0 spiro atoms. The number of nitrogens with zero attached hydrogens (tertiary/aromatic N) is 2. The number of aromatic nitrogens is 2. The Morgan fingerprint density at radius 3 is 2.70 bits per heavy atom. The van der Waals surface area contributed by atoms with Crippen molar-refractivity contribution in [3.05, 3.63) is 57.8 Å². The lowest BCUT2D eigenvalue weighted by Gasteiger charge is -2.16. The van der Waals surface area contributed by atoms with E-state index in [1.165, 1.54) is 47.8 Å². The molecule has 1 amide bonds. The van der Waals surface area contributed by atoms with Crippen molar-refractivity contribution >= 4 is 23.6 Å². The summed E-state index contributed by atoms with van der Waals surface area (Å²) in [6.45, 7) is 1.58. The summed E-state index contributed by atoms with van der Waals surface area (Å²) in [5, 5.41) is 6.49. The number of para-hydroxylation sites is 1. The third-order valence-electron chi connectivity index (χ3n) is 3.80. The van der Waals surface area contributed by atoms with Gasteiger partial charge in [-0.2, -0.15) is 16.9 Å². The average molecular weight is 393 g/mol. The second-order valence-electron chi connectivity index (χ2n) is 5.69. The fraction of sp³-hybridized carbons (Fsp3) is 0.333. The minimum Gasteiger partial charge on any atom is -0.467 e. The fourth-order valence-electron chi connectivity index (χ4n) is 2.43. The monoisotopic (exact) mass is 393 g/mol. The molecule has 1 atom stereocenters. The van der Waals surface area contributed by atoms with E-state index in [0.717, 1.165) is 0 Å². The molecule has 9 heteroatoms. The normalized spacial score (nSPS) is 11.7. The van der Waals surface area contributed by atoms with E-state index in [1.54, 1.807) is 13.0 Å². The predicted octanol–water partition coefficient (Wildman–Crippen LogP) is 1.70. The number of hydrogen-bond acceptors (Lipinski definition) is 6. The number of methoxy groups -OCH3 is 1. The van der Waals surface area contributed by atoms with Gasteiger partial charge in [-0.25, -0.2) is 13.9 Å². The van der Waals surface area contributed by atoms with Gasteiger partial charge in [0.25, 0.3) is 5.91 Å². The number of aryl methyl sites for hydroxylation is 1. The van der Waals surface area contributed by atoms with Gasteiger partial charge in [0.15, 0.2) is 5.69 Å². The van der Waals surface area contributed by atoms with Crippen LogP contribution in [0.25, 0.3) is 5.69 Å². The molecular weight excluding hydrogens is 373 g/mol. The predicted molar refractivity (Wildman–Crippen MR) is 101 cm³/mol. The number of carbonyl (C=O) groups is 2. The number of thioether (sulfide) groups is 1. The SMILES string of the molecule is COC(=O)[C@@H](CCSC)NC(=O)c1nn(-c2ccccc2F)c(C)cc1=O. The number of amides is 1. The first-order valence-electron chi connectivity index (χ1n) is 8.12. The first kappa shape index (κ1) is 20.6. The van der Waals surface area contributed by atoms with Crippen LogP contribution in [-0.4, -0.2) is 46.8 Å². The molecule has 2 aromatic rings. The van der Waals surface area contributed by atoms with Crippen molar-refractivity contribution in [2.45, 2.75) is 19.4 Å². The molecule has 144 valence electrons. The molecular formula is C18H20FN3O4S. The van der Waals surface area contributed by atoms with Gasteiger partial charge in [0, 0.05) is 11.8 Å². The van der Waals surface area contributed by atoms with Crippen LogP contribution in [-0.2, 0) is 9.53 Å². The van der Waals surface area contributed by atoms with Gasteiger partial charge in [-0.3, -0.25) is 9.59 Å². The van der Waals surface area contributed by atoms with Crippen LogP contribution in [0.5, 0.6) is 0 Å². The number of hydrogen-bond donors (Lipinski definition) is 1. The van der Waals surface area contributed by atoms with Crippen molar-refractivity contribution in [1.29, 1.82) is 0 Å². The fourth-order valence-corrected chi connectivity index (χ4v) is 2.90. The number of nitrogens with one attached hydrogen (secondary N) is 1. The summed E-state index contributed by atoms with van der Waals surface area (Å²) in [5.41, 5.74) is -0.572. The summed E-state index contributed by atoms with van der Waals surface area (Å²) >= 11 is 1.50. The van der Waals surface area contributed by atoms with Crippen molar-refractivity contribution in [2.24, 2.45) is 0 Å². The lowest BCUT2D eigenvalue weighted by molar-refractivity contribution is -0.142. The number of rotatable bonds is 7. The zero-order valence-electron chi connectivity index (χ0n) is 15.2. The Labute approximate surface area is 159 Å². The Morgan fingerprint density at radius 1 is 1.37 bits per heavy atom. The van der Waals surface area contributed by atoms with Crippen LogP contribution < -0.4 is 10.7 Å². The zero-order valence-corrected chi connectivity index (χ0v) is 16.0. The van der Waals surface area contributed by atoms with Gasteiger partial charge < -0.3 is 10.1 Å². The second-order valence-corrected chi connectivity index (χ2v) is 6.68. The van der Waals surface area contributed by atoms with Crippen molar-refractivity contribution in [2.75, 3.05) is 19.1 Å². The topological polar surface area (TPSA) is 90.3 Å². The molecule has 0 saturated heterocycles. The van der Waals surface area contributed by atoms with Gasteiger partial charge in [0.05, 0.1) is 7.11 Å². The maximum Gasteiger partial charge on any atom is 0.328 e. The summed E-state index contributed by atoms with van der Waals surface area (Å²) in [4.78, 5) is 36.6. The molecule has 1 heterocycles. The molecule has 0 aliphatic rings. The van der Waals surface area contributed by atoms with Gasteiger partial charge in [-0.1, -0.05) is 12.1 Å². The van der Waals surface area contributed by atoms with E-state index in [2.05, 4.69) is 15.2 Å². The van der Waals surface area contributed by atoms with E-state index >= 15 is 0 Å². The average Bonchev–Trinajstić information content (AvgIpc) is 2.65. The van der Waals surface area contributed by atoms with Crippen LogP contribution in [0.1, 0.15) is 22.6 Å². The minimum atomic E-state index is -0.903. The summed E-state index contributed by atoms with van der Waals surface area (Å²) < 4.78 is 20.0. The maximum atomic E-state index is 14.1. The van der Waals surface area contributed by atoms with Gasteiger partial charge in [0.2, 0.25) is 5.43 Å². The molecule has 0 fully saturated rings. The van der Waals surface area contributed by atoms with E-state index in [1.807, 2.05) is 6.26 Å². The molecule has 1 aromatic carbocycles. The van der Waals surface area contributed by atoms with Crippen LogP contribution in [0, 0.1) is 12.7 Å². The molecule has 2 rings (SSSR count). The lowest BCUT2D eigenvalue weighted by atomic mass is 10.2. The molecule has 0 radical (unpaired) electrons. The third-order valence-corrected chi connectivity index (χ3v) is 4.45. The molecule has 27 heavy (non-hydrogen) atoms. The van der Waals surface area contributed by atoms with Crippen LogP contribution in [0.15, 0.2) is 35.1 Å². The molecule has 0 aliphatic carbocycles. The number of halogens is 1. The number of ether oxygens (including phenoxy) is 1. The van der Waals surface area contributed by atoms with Crippen molar-refractivity contribution in [3.63, 3.8) is 0 Å². The van der Waals surface area contributed by atoms with Crippen LogP contribution in [0.3, 0.4) is 0 Å². The number of esters is 1. The molecule has 1 aromatic heterocycles. The van der Waals surface area contributed by atoms with Crippen LogP contribution in [0.4, 0.5) is 4.39 Å². The summed E-state index contributed by atoms with van der Waals surface area (Å²) in [5.74, 6) is -1.36. The highest BCUT2D eigenvalue weighted by molar-refractivity contribution is 7.98. The highest BCUT2D eigenvalue weighted by Gasteiger charge is 2.24. The molecule has 0 unspecified atom stereocenters. The Hall–Kier alpha value is -2.68. The summed E-state index contributed by atoms with van der Waals surface area (Å²) in [6.07, 6.45) is 2.21. The van der Waals surface area contributed by atoms with Gasteiger partial charge in [-0.15, -0.1) is 0 Å². The lowest BCUT2D eigenvalue weighted by Crippen LogP contribution is -2.44. The van der Waals surface area contributed by atoms with Gasteiger partial charge in [0.1, 0.15) is 17.5 Å². The molecule has 7 nitrogen and oxygen atoms in total. The largest absolute Gasteiger partial charge is 0.467 e. The van der Waals surface area contributed by atoms with Crippen molar-refractivity contribution < 1.29 is 18.7 Å². The Kier molecular flexibility index (Phi) is 7.12. The minimum absolute atomic E-state index is 0.107. The first-order chi connectivity index (χ1) is 12.9. The molecule has 1 N–H and O–H groups in total. The van der Waals surface area contributed by atoms with Gasteiger partial charge in [-0.05, 0) is 37.5 Å². The molecule has 0 aliphatic heterocycles. The van der Waals surface area contributed by atoms with E-state index in [-0.39, 0.29) is 5.69 Å². The molecule has 0 bridgehead atoms. The van der Waals surface area contributed by atoms with Gasteiger partial charge >= 0.3 is 5.97 Å². The third kappa shape index (κ3) is 4.94. The standard InChI is InChI=1S/C18H20FN3O4S/c1-11-10-15(23)16(21-22(11)14-7-5-4-6-12(14)19)17(24)20-13(8-9-27-3)18(25)26-2/h4-7,10,13H,8-9H2,1-3H3,(H,20,24)/t13-/m1/s1. The second kappa shape index (κ2) is 9.31. The van der Waals surface area contributed by atoms with E-state index in [0.29, 0.717) is 17.9 Å². The summed E-state index contributed by atoms with van der Waals surface area (Å²) in [6, 6.07) is 6.17. The van der Waals surface area contributed by atoms with E-state index in [4.69, 9.17) is 0 Å². The Bertz CT molecular complexity index is 900. The van der Waals surface area contributed by atoms with Crippen molar-refractivity contribution in [3.8, 4) is 5.69 Å². The smallest absolute Gasteiger partial charge is 0.328 e. The molecule has 0 saturated carbocycles. The highest BCUT2D eigenvalue weighted by atomic mass is 32.2. The quantitative estimate of drug-likeness (QED) is 0.720. The van der Waals surface area contributed by atoms with Crippen LogP contribution >= 0.6 is 11.8 Å². The van der Waals surface area contributed by atoms with E-state index in [9.17, 15) is 18.8 Å². The summed E-state index contributed by atoms with van der Waals surface area (Å²) in [7, 11) is 1.22.